The van der Waals surface area contributed by atoms with Gasteiger partial charge in [-0.3, -0.25) is 4.57 Å². The number of benzene rings is 1. The Bertz CT molecular complexity index is 925. The van der Waals surface area contributed by atoms with E-state index in [-0.39, 0.29) is 0 Å². The Morgan fingerprint density at radius 3 is 2.54 bits per heavy atom. The largest absolute Gasteiger partial charge is 0.341 e. The third-order valence-electron chi connectivity index (χ3n) is 5.49. The van der Waals surface area contributed by atoms with Crippen molar-refractivity contribution in [2.24, 2.45) is 5.92 Å². The second-order valence-electron chi connectivity index (χ2n) is 7.68. The maximum atomic E-state index is 4.57. The molecule has 0 amide bonds. The maximum Gasteiger partial charge on any atom is 0.228 e. The quantitative estimate of drug-likeness (QED) is 0.592. The average Bonchev–Trinajstić information content (AvgIpc) is 3.30. The van der Waals surface area contributed by atoms with Crippen molar-refractivity contribution in [2.75, 3.05) is 18.0 Å². The van der Waals surface area contributed by atoms with Crippen molar-refractivity contribution in [1.29, 1.82) is 0 Å². The molecular weight excluding hydrogens is 372 g/mol. The summed E-state index contributed by atoms with van der Waals surface area (Å²) in [7, 11) is 0. The van der Waals surface area contributed by atoms with Crippen LogP contribution in [0.1, 0.15) is 44.5 Å². The molecule has 1 aliphatic heterocycles. The van der Waals surface area contributed by atoms with Crippen molar-refractivity contribution in [1.82, 2.24) is 35.0 Å². The minimum absolute atomic E-state index is 0.539. The minimum atomic E-state index is 0.539. The highest BCUT2D eigenvalue weighted by atomic mass is 32.2. The van der Waals surface area contributed by atoms with E-state index in [1.807, 2.05) is 30.3 Å². The molecule has 146 valence electrons. The lowest BCUT2D eigenvalue weighted by molar-refractivity contribution is 0.429. The number of anilines is 1. The van der Waals surface area contributed by atoms with Gasteiger partial charge < -0.3 is 4.90 Å². The van der Waals surface area contributed by atoms with Crippen LogP contribution in [-0.2, 0) is 5.75 Å². The first-order valence-corrected chi connectivity index (χ1v) is 10.9. The molecule has 1 aromatic carbocycles. The molecular formula is C19H24N8S. The third kappa shape index (κ3) is 3.50. The van der Waals surface area contributed by atoms with Gasteiger partial charge in [-0.15, -0.1) is 15.3 Å². The van der Waals surface area contributed by atoms with Crippen LogP contribution in [0.5, 0.6) is 0 Å². The molecule has 0 spiro atoms. The van der Waals surface area contributed by atoms with E-state index in [0.29, 0.717) is 11.8 Å². The molecule has 0 bridgehead atoms. The fraction of sp³-hybridized carbons (Fsp3) is 0.526. The Kier molecular flexibility index (Phi) is 4.76. The predicted molar refractivity (Wildman–Crippen MR) is 108 cm³/mol. The number of nitrogens with zero attached hydrogens (tertiary/aromatic N) is 8. The molecule has 9 heteroatoms. The number of para-hydroxylation sites is 1. The van der Waals surface area contributed by atoms with Crippen molar-refractivity contribution in [3.63, 3.8) is 0 Å². The lowest BCUT2D eigenvalue weighted by atomic mass is 10.00. The first-order chi connectivity index (χ1) is 13.8. The molecule has 3 heterocycles. The number of thioether (sulfide) groups is 1. The zero-order chi connectivity index (χ0) is 18.9. The van der Waals surface area contributed by atoms with Gasteiger partial charge in [0.05, 0.1) is 11.4 Å². The summed E-state index contributed by atoms with van der Waals surface area (Å²) >= 11 is 1.67. The Morgan fingerprint density at radius 2 is 1.79 bits per heavy atom. The molecule has 3 aromatic rings. The molecule has 0 N–H and O–H groups in total. The number of piperidine rings is 1. The Balaban J connectivity index is 1.35. The van der Waals surface area contributed by atoms with Crippen LogP contribution in [0.2, 0.25) is 0 Å². The van der Waals surface area contributed by atoms with Crippen LogP contribution in [0.25, 0.3) is 5.69 Å². The molecule has 0 atom stereocenters. The lowest BCUT2D eigenvalue weighted by Crippen LogP contribution is -2.34. The van der Waals surface area contributed by atoms with Gasteiger partial charge in [-0.05, 0) is 54.2 Å². The van der Waals surface area contributed by atoms with E-state index in [0.717, 1.165) is 41.6 Å². The summed E-state index contributed by atoms with van der Waals surface area (Å²) < 4.78 is 4.13. The Labute approximate surface area is 168 Å². The number of hydrogen-bond donors (Lipinski definition) is 0. The van der Waals surface area contributed by atoms with Gasteiger partial charge in [0.15, 0.2) is 11.0 Å². The van der Waals surface area contributed by atoms with Crippen LogP contribution >= 0.6 is 11.8 Å². The highest BCUT2D eigenvalue weighted by Crippen LogP contribution is 2.41. The summed E-state index contributed by atoms with van der Waals surface area (Å²) in [6.45, 7) is 4.48. The smallest absolute Gasteiger partial charge is 0.228 e. The van der Waals surface area contributed by atoms with Gasteiger partial charge in [0.25, 0.3) is 0 Å². The van der Waals surface area contributed by atoms with Crippen molar-refractivity contribution in [2.45, 2.75) is 49.6 Å². The Hall–Kier alpha value is -2.42. The lowest BCUT2D eigenvalue weighted by Gasteiger charge is -2.31. The van der Waals surface area contributed by atoms with Crippen LogP contribution in [0.4, 0.5) is 5.95 Å². The van der Waals surface area contributed by atoms with Crippen LogP contribution < -0.4 is 4.90 Å². The van der Waals surface area contributed by atoms with Gasteiger partial charge in [-0.2, -0.15) is 4.68 Å². The first-order valence-electron chi connectivity index (χ1n) is 9.95. The summed E-state index contributed by atoms with van der Waals surface area (Å²) in [6, 6.07) is 10.5. The number of rotatable bonds is 6. The summed E-state index contributed by atoms with van der Waals surface area (Å²) in [5.41, 5.74) is 0.967. The van der Waals surface area contributed by atoms with E-state index in [9.17, 15) is 0 Å². The first kappa shape index (κ1) is 17.7. The highest BCUT2D eigenvalue weighted by Gasteiger charge is 2.32. The molecule has 1 saturated heterocycles. The summed E-state index contributed by atoms with van der Waals surface area (Å²) in [6.07, 6.45) is 4.88. The minimum Gasteiger partial charge on any atom is -0.341 e. The topological polar surface area (TPSA) is 77.6 Å². The van der Waals surface area contributed by atoms with Gasteiger partial charge in [-0.1, -0.05) is 36.9 Å². The predicted octanol–water partition coefficient (Wildman–Crippen LogP) is 3.12. The second-order valence-corrected chi connectivity index (χ2v) is 8.63. The molecule has 1 aliphatic carbocycles. The molecule has 2 fully saturated rings. The third-order valence-corrected chi connectivity index (χ3v) is 6.43. The highest BCUT2D eigenvalue weighted by molar-refractivity contribution is 7.98. The van der Waals surface area contributed by atoms with Gasteiger partial charge in [-0.25, -0.2) is 0 Å². The van der Waals surface area contributed by atoms with E-state index in [4.69, 9.17) is 0 Å². The van der Waals surface area contributed by atoms with Crippen LogP contribution in [-0.4, -0.2) is 48.1 Å². The van der Waals surface area contributed by atoms with Crippen molar-refractivity contribution >= 4 is 17.7 Å². The zero-order valence-electron chi connectivity index (χ0n) is 16.0. The molecule has 0 unspecified atom stereocenters. The standard InChI is InChI=1S/C19H24N8S/c1-14-9-11-25(12-10-14)18-21-22-19(26(18)15-7-8-15)28-13-17-20-23-24-27(17)16-5-3-2-4-6-16/h2-6,14-15H,7-13H2,1H3. The van der Waals surface area contributed by atoms with Crippen molar-refractivity contribution in [3.05, 3.63) is 36.2 Å². The molecule has 1 saturated carbocycles. The number of aromatic nitrogens is 7. The fourth-order valence-corrected chi connectivity index (χ4v) is 4.55. The molecule has 8 nitrogen and oxygen atoms in total. The molecule has 2 aromatic heterocycles. The van der Waals surface area contributed by atoms with Gasteiger partial charge >= 0.3 is 0 Å². The van der Waals surface area contributed by atoms with E-state index >= 15 is 0 Å². The SMILES string of the molecule is CC1CCN(c2nnc(SCc3nnnn3-c3ccccc3)n2C2CC2)CC1. The van der Waals surface area contributed by atoms with E-state index in [1.165, 1.54) is 25.7 Å². The van der Waals surface area contributed by atoms with E-state index in [1.54, 1.807) is 16.4 Å². The maximum absolute atomic E-state index is 4.57. The van der Waals surface area contributed by atoms with Gasteiger partial charge in [0, 0.05) is 19.1 Å². The summed E-state index contributed by atoms with van der Waals surface area (Å²) in [5, 5.41) is 22.3. The molecule has 28 heavy (non-hydrogen) atoms. The molecule has 0 radical (unpaired) electrons. The monoisotopic (exact) mass is 396 g/mol. The van der Waals surface area contributed by atoms with Crippen LogP contribution in [0.3, 0.4) is 0 Å². The van der Waals surface area contributed by atoms with E-state index in [2.05, 4.69) is 42.1 Å². The Morgan fingerprint density at radius 1 is 1.00 bits per heavy atom. The van der Waals surface area contributed by atoms with Crippen molar-refractivity contribution < 1.29 is 0 Å². The fourth-order valence-electron chi connectivity index (χ4n) is 3.64. The normalized spacial score (nSPS) is 18.0. The second kappa shape index (κ2) is 7.54. The van der Waals surface area contributed by atoms with Crippen LogP contribution in [0.15, 0.2) is 35.5 Å². The average molecular weight is 397 g/mol. The number of tetrazole rings is 1. The van der Waals surface area contributed by atoms with Crippen LogP contribution in [0, 0.1) is 5.92 Å². The van der Waals surface area contributed by atoms with Crippen molar-refractivity contribution in [3.8, 4) is 5.69 Å². The number of hydrogen-bond acceptors (Lipinski definition) is 7. The van der Waals surface area contributed by atoms with E-state index < -0.39 is 0 Å². The summed E-state index contributed by atoms with van der Waals surface area (Å²) in [4.78, 5) is 2.41. The van der Waals surface area contributed by atoms with Gasteiger partial charge in [0.1, 0.15) is 0 Å². The molecule has 2 aliphatic rings. The zero-order valence-corrected chi connectivity index (χ0v) is 16.8. The molecule has 5 rings (SSSR count). The summed E-state index contributed by atoms with van der Waals surface area (Å²) in [5.74, 6) is 3.32. The van der Waals surface area contributed by atoms with Gasteiger partial charge in [0.2, 0.25) is 5.95 Å².